The summed E-state index contributed by atoms with van der Waals surface area (Å²) in [6.45, 7) is 5.30. The Morgan fingerprint density at radius 1 is 1.17 bits per heavy atom. The molecule has 1 nitrogen and oxygen atoms in total. The molecule has 1 heterocycles. The van der Waals surface area contributed by atoms with Gasteiger partial charge in [0.1, 0.15) is 0 Å². The summed E-state index contributed by atoms with van der Waals surface area (Å²) < 4.78 is 0.848. The summed E-state index contributed by atoms with van der Waals surface area (Å²) in [4.78, 5) is 1.28. The average Bonchev–Trinajstić information content (AvgIpc) is 2.78. The van der Waals surface area contributed by atoms with E-state index in [0.717, 1.165) is 17.3 Å². The minimum atomic E-state index is 0.253. The van der Waals surface area contributed by atoms with E-state index in [9.17, 15) is 0 Å². The van der Waals surface area contributed by atoms with Gasteiger partial charge in [-0.3, -0.25) is 0 Å². The largest absolute Gasteiger partial charge is 0.306 e. The minimum absolute atomic E-state index is 0.253. The lowest BCUT2D eigenvalue weighted by molar-refractivity contribution is 0.606. The summed E-state index contributed by atoms with van der Waals surface area (Å²) in [6, 6.07) is 13.0. The van der Waals surface area contributed by atoms with E-state index < -0.39 is 0 Å². The second kappa shape index (κ2) is 6.37. The molecule has 0 amide bonds. The number of hydrogen-bond donors (Lipinski definition) is 1. The van der Waals surface area contributed by atoms with Crippen molar-refractivity contribution in [2.24, 2.45) is 0 Å². The number of thiophene rings is 1. The number of benzene rings is 1. The second-order valence-corrected chi connectivity index (χ2v) is 6.19. The van der Waals surface area contributed by atoms with Crippen LogP contribution < -0.4 is 5.32 Å². The molecule has 1 atom stereocenters. The lowest BCUT2D eigenvalue weighted by atomic mass is 10.0. The van der Waals surface area contributed by atoms with Gasteiger partial charge in [-0.25, -0.2) is 0 Å². The Bertz CT molecular complexity index is 489. The number of halogens is 1. The van der Waals surface area contributed by atoms with Crippen molar-refractivity contribution in [1.29, 1.82) is 0 Å². The van der Waals surface area contributed by atoms with Crippen LogP contribution in [-0.2, 0) is 0 Å². The average molecular weight is 280 g/mol. The Hall–Kier alpha value is -0.830. The molecule has 0 saturated heterocycles. The van der Waals surface area contributed by atoms with Gasteiger partial charge in [-0.2, -0.15) is 0 Å². The number of aryl methyl sites for hydroxylation is 1. The predicted octanol–water partition coefficient (Wildman–Crippen LogP) is 4.80. The van der Waals surface area contributed by atoms with Crippen molar-refractivity contribution in [2.75, 3.05) is 6.54 Å². The SMILES string of the molecule is CCCNC(c1ccc(C)cc1)c1ccc(Cl)s1. The molecule has 1 aromatic carbocycles. The quantitative estimate of drug-likeness (QED) is 0.829. The van der Waals surface area contributed by atoms with Gasteiger partial charge >= 0.3 is 0 Å². The van der Waals surface area contributed by atoms with E-state index >= 15 is 0 Å². The fourth-order valence-corrected chi connectivity index (χ4v) is 3.08. The molecule has 0 radical (unpaired) electrons. The van der Waals surface area contributed by atoms with Crippen LogP contribution in [0, 0.1) is 6.92 Å². The Balaban J connectivity index is 2.27. The van der Waals surface area contributed by atoms with Crippen molar-refractivity contribution in [3.05, 3.63) is 56.7 Å². The highest BCUT2D eigenvalue weighted by Gasteiger charge is 2.15. The first kappa shape index (κ1) is 13.6. The van der Waals surface area contributed by atoms with Gasteiger partial charge in [0.05, 0.1) is 10.4 Å². The standard InChI is InChI=1S/C15H18ClNS/c1-3-10-17-15(13-8-9-14(16)18-13)12-6-4-11(2)5-7-12/h4-9,15,17H,3,10H2,1-2H3. The third kappa shape index (κ3) is 3.35. The maximum Gasteiger partial charge on any atom is 0.0931 e. The number of nitrogens with one attached hydrogen (secondary N) is 1. The molecular formula is C15H18ClNS. The van der Waals surface area contributed by atoms with Gasteiger partial charge in [-0.15, -0.1) is 11.3 Å². The molecule has 0 aliphatic heterocycles. The van der Waals surface area contributed by atoms with Gasteiger partial charge in [0, 0.05) is 4.88 Å². The molecular weight excluding hydrogens is 262 g/mol. The van der Waals surface area contributed by atoms with E-state index in [1.54, 1.807) is 11.3 Å². The Labute approximate surface area is 118 Å². The molecule has 0 aliphatic rings. The maximum atomic E-state index is 6.04. The molecule has 2 aromatic rings. The van der Waals surface area contributed by atoms with E-state index in [0.29, 0.717) is 0 Å². The zero-order chi connectivity index (χ0) is 13.0. The summed E-state index contributed by atoms with van der Waals surface area (Å²) >= 11 is 7.69. The van der Waals surface area contributed by atoms with Crippen molar-refractivity contribution in [3.63, 3.8) is 0 Å². The molecule has 2 rings (SSSR count). The van der Waals surface area contributed by atoms with Gasteiger partial charge in [0.15, 0.2) is 0 Å². The normalized spacial score (nSPS) is 12.6. The summed E-state index contributed by atoms with van der Waals surface area (Å²) in [6.07, 6.45) is 1.13. The highest BCUT2D eigenvalue weighted by Crippen LogP contribution is 2.31. The van der Waals surface area contributed by atoms with Crippen LogP contribution in [0.5, 0.6) is 0 Å². The van der Waals surface area contributed by atoms with Crippen LogP contribution in [0.15, 0.2) is 36.4 Å². The highest BCUT2D eigenvalue weighted by molar-refractivity contribution is 7.16. The molecule has 1 unspecified atom stereocenters. The Morgan fingerprint density at radius 2 is 1.89 bits per heavy atom. The maximum absolute atomic E-state index is 6.04. The third-order valence-electron chi connectivity index (χ3n) is 2.89. The monoisotopic (exact) mass is 279 g/mol. The molecule has 1 N–H and O–H groups in total. The first-order chi connectivity index (χ1) is 8.70. The first-order valence-electron chi connectivity index (χ1n) is 6.26. The van der Waals surface area contributed by atoms with Gasteiger partial charge in [0.25, 0.3) is 0 Å². The summed E-state index contributed by atoms with van der Waals surface area (Å²) in [7, 11) is 0. The fourth-order valence-electron chi connectivity index (χ4n) is 1.91. The molecule has 1 aromatic heterocycles. The van der Waals surface area contributed by atoms with Crippen LogP contribution in [0.4, 0.5) is 0 Å². The topological polar surface area (TPSA) is 12.0 Å². The molecule has 0 saturated carbocycles. The van der Waals surface area contributed by atoms with E-state index in [2.05, 4.69) is 49.5 Å². The number of hydrogen-bond acceptors (Lipinski definition) is 2. The molecule has 96 valence electrons. The second-order valence-electron chi connectivity index (χ2n) is 4.44. The molecule has 0 spiro atoms. The summed E-state index contributed by atoms with van der Waals surface area (Å²) in [5, 5.41) is 3.59. The zero-order valence-corrected chi connectivity index (χ0v) is 12.3. The van der Waals surface area contributed by atoms with E-state index in [-0.39, 0.29) is 6.04 Å². The molecule has 18 heavy (non-hydrogen) atoms. The van der Waals surface area contributed by atoms with E-state index in [1.165, 1.54) is 16.0 Å². The minimum Gasteiger partial charge on any atom is -0.306 e. The summed E-state index contributed by atoms with van der Waals surface area (Å²) in [5.41, 5.74) is 2.59. The van der Waals surface area contributed by atoms with Crippen LogP contribution in [0.2, 0.25) is 4.34 Å². The van der Waals surface area contributed by atoms with Crippen LogP contribution in [0.25, 0.3) is 0 Å². The van der Waals surface area contributed by atoms with E-state index in [1.807, 2.05) is 6.07 Å². The third-order valence-corrected chi connectivity index (χ3v) is 4.18. The highest BCUT2D eigenvalue weighted by atomic mass is 35.5. The van der Waals surface area contributed by atoms with E-state index in [4.69, 9.17) is 11.6 Å². The van der Waals surface area contributed by atoms with Crippen molar-refractivity contribution in [3.8, 4) is 0 Å². The summed E-state index contributed by atoms with van der Waals surface area (Å²) in [5.74, 6) is 0. The first-order valence-corrected chi connectivity index (χ1v) is 7.45. The fraction of sp³-hybridized carbons (Fsp3) is 0.333. The zero-order valence-electron chi connectivity index (χ0n) is 10.7. The Kier molecular flexibility index (Phi) is 4.81. The Morgan fingerprint density at radius 3 is 2.44 bits per heavy atom. The number of rotatable bonds is 5. The van der Waals surface area contributed by atoms with Gasteiger partial charge < -0.3 is 5.32 Å². The van der Waals surface area contributed by atoms with Gasteiger partial charge in [-0.05, 0) is 37.6 Å². The molecule has 3 heteroatoms. The van der Waals surface area contributed by atoms with Crippen LogP contribution >= 0.6 is 22.9 Å². The smallest absolute Gasteiger partial charge is 0.0931 e. The van der Waals surface area contributed by atoms with Gasteiger partial charge in [0.2, 0.25) is 0 Å². The molecule has 0 aliphatic carbocycles. The molecule has 0 bridgehead atoms. The molecule has 0 fully saturated rings. The van der Waals surface area contributed by atoms with Crippen molar-refractivity contribution < 1.29 is 0 Å². The van der Waals surface area contributed by atoms with Crippen molar-refractivity contribution in [2.45, 2.75) is 26.3 Å². The van der Waals surface area contributed by atoms with Crippen LogP contribution in [-0.4, -0.2) is 6.54 Å². The van der Waals surface area contributed by atoms with Crippen LogP contribution in [0.1, 0.15) is 35.4 Å². The van der Waals surface area contributed by atoms with Crippen LogP contribution in [0.3, 0.4) is 0 Å². The van der Waals surface area contributed by atoms with Crippen molar-refractivity contribution >= 4 is 22.9 Å². The van der Waals surface area contributed by atoms with Gasteiger partial charge in [-0.1, -0.05) is 48.4 Å². The predicted molar refractivity (Wildman–Crippen MR) is 80.6 cm³/mol. The lowest BCUT2D eigenvalue weighted by Gasteiger charge is -2.17. The lowest BCUT2D eigenvalue weighted by Crippen LogP contribution is -2.22. The van der Waals surface area contributed by atoms with Crippen molar-refractivity contribution in [1.82, 2.24) is 5.32 Å².